The fourth-order valence-corrected chi connectivity index (χ4v) is 2.05. The summed E-state index contributed by atoms with van der Waals surface area (Å²) in [5, 5.41) is 3.63. The topological polar surface area (TPSA) is 63.8 Å². The third-order valence-electron chi connectivity index (χ3n) is 2.82. The minimum Gasteiger partial charge on any atom is -0.368 e. The molecule has 1 aromatic heterocycles. The van der Waals surface area contributed by atoms with Crippen LogP contribution in [0.15, 0.2) is 36.4 Å². The van der Waals surface area contributed by atoms with Gasteiger partial charge in [-0.3, -0.25) is 0 Å². The molecule has 0 amide bonds. The Balaban J connectivity index is 1.89. The Bertz CT molecular complexity index is 510. The van der Waals surface area contributed by atoms with Crippen molar-refractivity contribution < 1.29 is 0 Å². The monoisotopic (exact) mass is 276 g/mol. The zero-order valence-electron chi connectivity index (χ0n) is 10.8. The first-order chi connectivity index (χ1) is 9.13. The molecule has 100 valence electrons. The van der Waals surface area contributed by atoms with E-state index in [9.17, 15) is 0 Å². The molecule has 0 radical (unpaired) electrons. The van der Waals surface area contributed by atoms with Crippen molar-refractivity contribution in [3.8, 4) is 0 Å². The summed E-state index contributed by atoms with van der Waals surface area (Å²) >= 11 is 5.84. The molecule has 5 heteroatoms. The largest absolute Gasteiger partial charge is 0.368 e. The van der Waals surface area contributed by atoms with E-state index in [4.69, 9.17) is 17.3 Å². The predicted molar refractivity (Wildman–Crippen MR) is 79.3 cm³/mol. The molecule has 3 N–H and O–H groups in total. The van der Waals surface area contributed by atoms with Gasteiger partial charge in [0.1, 0.15) is 11.0 Å². The normalized spacial score (nSPS) is 12.1. The minimum absolute atomic E-state index is 0.185. The molecule has 0 unspecified atom stereocenters. The van der Waals surface area contributed by atoms with Crippen molar-refractivity contribution in [2.24, 2.45) is 0 Å². The maximum atomic E-state index is 5.84. The van der Waals surface area contributed by atoms with Crippen LogP contribution in [0.5, 0.6) is 0 Å². The molecule has 0 aliphatic heterocycles. The first-order valence-corrected chi connectivity index (χ1v) is 6.62. The van der Waals surface area contributed by atoms with Crippen molar-refractivity contribution in [3.05, 3.63) is 47.1 Å². The zero-order chi connectivity index (χ0) is 13.7. The van der Waals surface area contributed by atoms with Gasteiger partial charge in [-0.25, -0.2) is 4.98 Å². The fraction of sp³-hybridized carbons (Fsp3) is 0.286. The van der Waals surface area contributed by atoms with Gasteiger partial charge in [0.15, 0.2) is 0 Å². The summed E-state index contributed by atoms with van der Waals surface area (Å²) in [7, 11) is 0. The standard InChI is InChI=1S/C14H17ClN4/c1-10(7-8-11-5-3-2-4-6-11)17-13-9-12(15)18-14(16)19-13/h2-6,9-10H,7-8H2,1H3,(H3,16,17,18,19)/t10-/m1/s1. The van der Waals surface area contributed by atoms with Crippen LogP contribution < -0.4 is 11.1 Å². The Morgan fingerprint density at radius 3 is 2.68 bits per heavy atom. The van der Waals surface area contributed by atoms with Crippen LogP contribution in [0.1, 0.15) is 18.9 Å². The summed E-state index contributed by atoms with van der Waals surface area (Å²) in [6.07, 6.45) is 2.02. The van der Waals surface area contributed by atoms with Gasteiger partial charge in [-0.15, -0.1) is 0 Å². The summed E-state index contributed by atoms with van der Waals surface area (Å²) in [6.45, 7) is 2.11. The smallest absolute Gasteiger partial charge is 0.223 e. The van der Waals surface area contributed by atoms with Crippen LogP contribution >= 0.6 is 11.6 Å². The molecule has 0 fully saturated rings. The number of rotatable bonds is 5. The number of halogens is 1. The maximum Gasteiger partial charge on any atom is 0.223 e. The number of hydrogen-bond acceptors (Lipinski definition) is 4. The second-order valence-electron chi connectivity index (χ2n) is 4.50. The van der Waals surface area contributed by atoms with Crippen LogP contribution in [0.25, 0.3) is 0 Å². The molecule has 0 bridgehead atoms. The number of anilines is 2. The van der Waals surface area contributed by atoms with Gasteiger partial charge in [0.2, 0.25) is 5.95 Å². The molecule has 0 saturated carbocycles. The number of hydrogen-bond donors (Lipinski definition) is 2. The molecule has 2 rings (SSSR count). The average molecular weight is 277 g/mol. The van der Waals surface area contributed by atoms with E-state index in [0.29, 0.717) is 11.0 Å². The Hall–Kier alpha value is -1.81. The van der Waals surface area contributed by atoms with E-state index in [1.807, 2.05) is 6.07 Å². The zero-order valence-corrected chi connectivity index (χ0v) is 11.6. The van der Waals surface area contributed by atoms with Gasteiger partial charge in [-0.2, -0.15) is 4.98 Å². The predicted octanol–water partition coefficient (Wildman–Crippen LogP) is 3.15. The van der Waals surface area contributed by atoms with Crippen molar-refractivity contribution >= 4 is 23.4 Å². The highest BCUT2D eigenvalue weighted by Crippen LogP contribution is 2.15. The van der Waals surface area contributed by atoms with Gasteiger partial charge >= 0.3 is 0 Å². The molecular formula is C14H17ClN4. The number of aryl methyl sites for hydroxylation is 1. The molecule has 19 heavy (non-hydrogen) atoms. The van der Waals surface area contributed by atoms with E-state index >= 15 is 0 Å². The number of nitrogens with one attached hydrogen (secondary N) is 1. The second-order valence-corrected chi connectivity index (χ2v) is 4.89. The van der Waals surface area contributed by atoms with Gasteiger partial charge in [-0.05, 0) is 25.3 Å². The number of nitrogen functional groups attached to an aromatic ring is 1. The first-order valence-electron chi connectivity index (χ1n) is 6.24. The molecule has 0 spiro atoms. The number of nitrogens with zero attached hydrogens (tertiary/aromatic N) is 2. The van der Waals surface area contributed by atoms with Crippen molar-refractivity contribution in [2.75, 3.05) is 11.1 Å². The van der Waals surface area contributed by atoms with Gasteiger partial charge in [0.25, 0.3) is 0 Å². The fourth-order valence-electron chi connectivity index (χ4n) is 1.86. The van der Waals surface area contributed by atoms with Crippen LogP contribution in [0.3, 0.4) is 0 Å². The van der Waals surface area contributed by atoms with Crippen molar-refractivity contribution in [3.63, 3.8) is 0 Å². The second kappa shape index (κ2) is 6.38. The van der Waals surface area contributed by atoms with Gasteiger partial charge < -0.3 is 11.1 Å². The Morgan fingerprint density at radius 2 is 2.00 bits per heavy atom. The van der Waals surface area contributed by atoms with E-state index < -0.39 is 0 Å². The molecule has 1 atom stereocenters. The van der Waals surface area contributed by atoms with Crippen molar-refractivity contribution in [1.82, 2.24) is 9.97 Å². The lowest BCUT2D eigenvalue weighted by atomic mass is 10.1. The Morgan fingerprint density at radius 1 is 1.26 bits per heavy atom. The van der Waals surface area contributed by atoms with Crippen LogP contribution in [0.2, 0.25) is 5.15 Å². The van der Waals surface area contributed by atoms with Crippen LogP contribution in [0.4, 0.5) is 11.8 Å². The van der Waals surface area contributed by atoms with Crippen molar-refractivity contribution in [2.45, 2.75) is 25.8 Å². The molecule has 2 aromatic rings. The number of benzene rings is 1. The molecule has 0 aliphatic carbocycles. The molecule has 0 saturated heterocycles. The van der Waals surface area contributed by atoms with Gasteiger partial charge in [0.05, 0.1) is 0 Å². The van der Waals surface area contributed by atoms with Gasteiger partial charge in [-0.1, -0.05) is 41.9 Å². The summed E-state index contributed by atoms with van der Waals surface area (Å²) in [5.41, 5.74) is 6.88. The molecular weight excluding hydrogens is 260 g/mol. The van der Waals surface area contributed by atoms with E-state index in [1.54, 1.807) is 6.07 Å². The molecule has 1 aromatic carbocycles. The lowest BCUT2D eigenvalue weighted by Crippen LogP contribution is -2.17. The summed E-state index contributed by atoms with van der Waals surface area (Å²) < 4.78 is 0. The number of nitrogens with two attached hydrogens (primary N) is 1. The van der Waals surface area contributed by atoms with Gasteiger partial charge in [0, 0.05) is 12.1 Å². The lowest BCUT2D eigenvalue weighted by molar-refractivity contribution is 0.703. The van der Waals surface area contributed by atoms with Crippen LogP contribution in [-0.2, 0) is 6.42 Å². The highest BCUT2D eigenvalue weighted by atomic mass is 35.5. The quantitative estimate of drug-likeness (QED) is 0.824. The third-order valence-corrected chi connectivity index (χ3v) is 3.01. The number of aromatic nitrogens is 2. The maximum absolute atomic E-state index is 5.84. The Kier molecular flexibility index (Phi) is 4.58. The van der Waals surface area contributed by atoms with E-state index in [0.717, 1.165) is 12.8 Å². The van der Waals surface area contributed by atoms with Crippen LogP contribution in [-0.4, -0.2) is 16.0 Å². The third kappa shape index (κ3) is 4.41. The average Bonchev–Trinajstić information content (AvgIpc) is 2.36. The highest BCUT2D eigenvalue weighted by molar-refractivity contribution is 6.29. The minimum atomic E-state index is 0.185. The molecule has 4 nitrogen and oxygen atoms in total. The van der Waals surface area contributed by atoms with Crippen LogP contribution in [0, 0.1) is 0 Å². The first kappa shape index (κ1) is 13.6. The summed E-state index contributed by atoms with van der Waals surface area (Å²) in [6, 6.07) is 12.4. The summed E-state index contributed by atoms with van der Waals surface area (Å²) in [4.78, 5) is 7.93. The van der Waals surface area contributed by atoms with E-state index in [-0.39, 0.29) is 12.0 Å². The van der Waals surface area contributed by atoms with E-state index in [1.165, 1.54) is 5.56 Å². The van der Waals surface area contributed by atoms with Crippen molar-refractivity contribution in [1.29, 1.82) is 0 Å². The molecule has 1 heterocycles. The SMILES string of the molecule is C[C@H](CCc1ccccc1)Nc1cc(Cl)nc(N)n1. The highest BCUT2D eigenvalue weighted by Gasteiger charge is 2.06. The van der Waals surface area contributed by atoms with E-state index in [2.05, 4.69) is 46.5 Å². The molecule has 0 aliphatic rings. The summed E-state index contributed by atoms with van der Waals surface area (Å²) in [5.74, 6) is 0.850. The lowest BCUT2D eigenvalue weighted by Gasteiger charge is -2.14. The Labute approximate surface area is 118 Å².